The summed E-state index contributed by atoms with van der Waals surface area (Å²) in [6.45, 7) is 6.11. The van der Waals surface area contributed by atoms with Crippen LogP contribution in [0.15, 0.2) is 30.3 Å². The smallest absolute Gasteiger partial charge is 0.340 e. The highest BCUT2D eigenvalue weighted by molar-refractivity contribution is 5.89. The van der Waals surface area contributed by atoms with Crippen molar-refractivity contribution in [2.45, 2.75) is 33.2 Å². The molecule has 1 saturated heterocycles. The highest BCUT2D eigenvalue weighted by Gasteiger charge is 2.40. The zero-order valence-corrected chi connectivity index (χ0v) is 12.2. The lowest BCUT2D eigenvalue weighted by Gasteiger charge is -2.42. The first-order chi connectivity index (χ1) is 9.54. The molecule has 3 unspecified atom stereocenters. The van der Waals surface area contributed by atoms with Crippen LogP contribution < -0.4 is 0 Å². The van der Waals surface area contributed by atoms with Gasteiger partial charge in [-0.2, -0.15) is 0 Å². The van der Waals surface area contributed by atoms with E-state index in [1.807, 2.05) is 13.0 Å². The summed E-state index contributed by atoms with van der Waals surface area (Å²) in [7, 11) is 0. The van der Waals surface area contributed by atoms with Crippen molar-refractivity contribution < 1.29 is 19.4 Å². The van der Waals surface area contributed by atoms with Gasteiger partial charge in [0, 0.05) is 5.92 Å². The third-order valence-electron chi connectivity index (χ3n) is 4.40. The molecule has 1 aliphatic heterocycles. The van der Waals surface area contributed by atoms with Crippen molar-refractivity contribution >= 4 is 5.97 Å². The largest absolute Gasteiger partial charge is 0.432 e. The van der Waals surface area contributed by atoms with Crippen LogP contribution in [-0.4, -0.2) is 30.1 Å². The molecule has 4 heteroatoms. The van der Waals surface area contributed by atoms with Crippen molar-refractivity contribution in [1.82, 2.24) is 0 Å². The fourth-order valence-electron chi connectivity index (χ4n) is 2.58. The van der Waals surface area contributed by atoms with Crippen LogP contribution >= 0.6 is 0 Å². The van der Waals surface area contributed by atoms with E-state index >= 15 is 0 Å². The molecular formula is C16H22O4. The van der Waals surface area contributed by atoms with E-state index in [2.05, 4.69) is 13.8 Å². The molecule has 1 heterocycles. The van der Waals surface area contributed by atoms with Gasteiger partial charge in [-0.15, -0.1) is 0 Å². The third kappa shape index (κ3) is 3.02. The van der Waals surface area contributed by atoms with Gasteiger partial charge in [0.05, 0.1) is 18.3 Å². The molecule has 0 aliphatic carbocycles. The van der Waals surface area contributed by atoms with Crippen LogP contribution in [0.3, 0.4) is 0 Å². The van der Waals surface area contributed by atoms with Gasteiger partial charge in [-0.3, -0.25) is 0 Å². The van der Waals surface area contributed by atoms with E-state index in [-0.39, 0.29) is 30.5 Å². The van der Waals surface area contributed by atoms with Crippen molar-refractivity contribution in [1.29, 1.82) is 0 Å². The standard InChI is InChI=1S/C16H22O4/c1-10-11(2)14(9-17)19-16(12(10)3)20-15(18)13-7-5-4-6-8-13/h4-8,10-12,14,16-17H,9H2,1-3H3/t10-,11-,12?,14?,16?/m0/s1. The molecule has 2 rings (SSSR count). The van der Waals surface area contributed by atoms with Gasteiger partial charge in [0.2, 0.25) is 6.29 Å². The number of benzene rings is 1. The number of carbonyl (C=O) groups excluding carboxylic acids is 1. The van der Waals surface area contributed by atoms with Gasteiger partial charge in [-0.1, -0.05) is 39.0 Å². The number of ether oxygens (including phenoxy) is 2. The molecule has 0 saturated carbocycles. The minimum absolute atomic E-state index is 0.0579. The van der Waals surface area contributed by atoms with Crippen LogP contribution in [-0.2, 0) is 9.47 Å². The van der Waals surface area contributed by atoms with Gasteiger partial charge in [0.1, 0.15) is 0 Å². The van der Waals surface area contributed by atoms with Crippen molar-refractivity contribution in [3.8, 4) is 0 Å². The molecule has 0 radical (unpaired) electrons. The molecule has 0 bridgehead atoms. The number of aliphatic hydroxyl groups excluding tert-OH is 1. The Hall–Kier alpha value is -1.39. The van der Waals surface area contributed by atoms with E-state index in [0.717, 1.165) is 0 Å². The molecule has 0 spiro atoms. The van der Waals surface area contributed by atoms with E-state index in [0.29, 0.717) is 11.5 Å². The first-order valence-corrected chi connectivity index (χ1v) is 7.07. The molecule has 0 amide bonds. The van der Waals surface area contributed by atoms with Gasteiger partial charge < -0.3 is 14.6 Å². The number of hydrogen-bond acceptors (Lipinski definition) is 4. The molecule has 1 aromatic rings. The summed E-state index contributed by atoms with van der Waals surface area (Å²) >= 11 is 0. The van der Waals surface area contributed by atoms with Crippen LogP contribution in [0.25, 0.3) is 0 Å². The molecule has 20 heavy (non-hydrogen) atoms. The van der Waals surface area contributed by atoms with Gasteiger partial charge in [-0.05, 0) is 24.0 Å². The molecule has 0 aromatic heterocycles. The molecular weight excluding hydrogens is 256 g/mol. The van der Waals surface area contributed by atoms with Crippen LogP contribution in [0, 0.1) is 17.8 Å². The summed E-state index contributed by atoms with van der Waals surface area (Å²) in [5, 5.41) is 9.37. The second-order valence-corrected chi connectivity index (χ2v) is 5.57. The second-order valence-electron chi connectivity index (χ2n) is 5.57. The predicted molar refractivity (Wildman–Crippen MR) is 75.1 cm³/mol. The highest BCUT2D eigenvalue weighted by Crippen LogP contribution is 2.35. The Morgan fingerprint density at radius 3 is 2.40 bits per heavy atom. The first-order valence-electron chi connectivity index (χ1n) is 7.07. The van der Waals surface area contributed by atoms with Gasteiger partial charge in [0.15, 0.2) is 0 Å². The van der Waals surface area contributed by atoms with Crippen LogP contribution in [0.4, 0.5) is 0 Å². The zero-order chi connectivity index (χ0) is 14.7. The second kappa shape index (κ2) is 6.37. The molecule has 4 nitrogen and oxygen atoms in total. The summed E-state index contributed by atoms with van der Waals surface area (Å²) in [6, 6.07) is 8.87. The maximum absolute atomic E-state index is 12.1. The average Bonchev–Trinajstić information content (AvgIpc) is 2.48. The zero-order valence-electron chi connectivity index (χ0n) is 12.2. The predicted octanol–water partition coefficient (Wildman–Crippen LogP) is 2.47. The van der Waals surface area contributed by atoms with Crippen molar-refractivity contribution in [2.24, 2.45) is 17.8 Å². The summed E-state index contributed by atoms with van der Waals surface area (Å²) < 4.78 is 11.2. The van der Waals surface area contributed by atoms with Crippen LogP contribution in [0.1, 0.15) is 31.1 Å². The maximum Gasteiger partial charge on any atom is 0.340 e. The SMILES string of the molecule is CC1C(OC(=O)c2ccccc2)OC(CO)[C@@H](C)[C@@H]1C. The average molecular weight is 278 g/mol. The summed E-state index contributed by atoms with van der Waals surface area (Å²) in [5.74, 6) is 0.262. The topological polar surface area (TPSA) is 55.8 Å². The van der Waals surface area contributed by atoms with Crippen molar-refractivity contribution in [2.75, 3.05) is 6.61 Å². The number of aliphatic hydroxyl groups is 1. The number of carbonyl (C=O) groups is 1. The van der Waals surface area contributed by atoms with Gasteiger partial charge >= 0.3 is 5.97 Å². The third-order valence-corrected chi connectivity index (χ3v) is 4.40. The molecule has 1 aromatic carbocycles. The summed E-state index contributed by atoms with van der Waals surface area (Å²) in [4.78, 5) is 12.1. The fraction of sp³-hybridized carbons (Fsp3) is 0.562. The molecule has 5 atom stereocenters. The Morgan fingerprint density at radius 1 is 1.15 bits per heavy atom. The van der Waals surface area contributed by atoms with Crippen LogP contribution in [0.2, 0.25) is 0 Å². The van der Waals surface area contributed by atoms with E-state index in [9.17, 15) is 9.90 Å². The summed E-state index contributed by atoms with van der Waals surface area (Å²) in [5.41, 5.74) is 0.509. The summed E-state index contributed by atoms with van der Waals surface area (Å²) in [6.07, 6.45) is -0.888. The van der Waals surface area contributed by atoms with Gasteiger partial charge in [-0.25, -0.2) is 4.79 Å². The van der Waals surface area contributed by atoms with E-state index in [1.165, 1.54) is 0 Å². The Balaban J connectivity index is 2.06. The van der Waals surface area contributed by atoms with E-state index in [1.54, 1.807) is 24.3 Å². The van der Waals surface area contributed by atoms with Crippen molar-refractivity contribution in [3.63, 3.8) is 0 Å². The number of esters is 1. The van der Waals surface area contributed by atoms with Gasteiger partial charge in [0.25, 0.3) is 0 Å². The molecule has 1 aliphatic rings. The minimum Gasteiger partial charge on any atom is -0.432 e. The lowest BCUT2D eigenvalue weighted by Crippen LogP contribution is -2.47. The Bertz CT molecular complexity index is 443. The first kappa shape index (κ1) is 15.0. The molecule has 110 valence electrons. The van der Waals surface area contributed by atoms with Crippen molar-refractivity contribution in [3.05, 3.63) is 35.9 Å². The molecule has 1 N–H and O–H groups in total. The molecule has 1 fully saturated rings. The lowest BCUT2D eigenvalue weighted by atomic mass is 9.79. The normalized spacial score (nSPS) is 33.7. The monoisotopic (exact) mass is 278 g/mol. The lowest BCUT2D eigenvalue weighted by molar-refractivity contribution is -0.231. The Kier molecular flexibility index (Phi) is 4.78. The number of rotatable bonds is 3. The van der Waals surface area contributed by atoms with E-state index in [4.69, 9.17) is 9.47 Å². The Morgan fingerprint density at radius 2 is 1.80 bits per heavy atom. The minimum atomic E-state index is -0.606. The fourth-order valence-corrected chi connectivity index (χ4v) is 2.58. The van der Waals surface area contributed by atoms with E-state index < -0.39 is 6.29 Å². The number of hydrogen-bond donors (Lipinski definition) is 1. The quantitative estimate of drug-likeness (QED) is 0.863. The maximum atomic E-state index is 12.1. The highest BCUT2D eigenvalue weighted by atomic mass is 16.7. The Labute approximate surface area is 119 Å². The van der Waals surface area contributed by atoms with Crippen LogP contribution in [0.5, 0.6) is 0 Å².